The van der Waals surface area contributed by atoms with Gasteiger partial charge in [0.25, 0.3) is 0 Å². The second-order valence-corrected chi connectivity index (χ2v) is 4.61. The molecular weight excluding hydrogens is 268 g/mol. The first-order valence-electron chi connectivity index (χ1n) is 6.69. The fourth-order valence-corrected chi connectivity index (χ4v) is 1.51. The van der Waals surface area contributed by atoms with Gasteiger partial charge in [-0.2, -0.15) is 0 Å². The number of carbonyl (C=O) groups is 2. The van der Waals surface area contributed by atoms with Crippen LogP contribution in [0.1, 0.15) is 26.0 Å². The Bertz CT molecular complexity index is 540. The van der Waals surface area contributed by atoms with Crippen LogP contribution in [0.5, 0.6) is 0 Å². The average Bonchev–Trinajstić information content (AvgIpc) is 2.95. The fraction of sp³-hybridized carbons (Fsp3) is 0.400. The smallest absolute Gasteiger partial charge is 0.222 e. The summed E-state index contributed by atoms with van der Waals surface area (Å²) in [6.07, 6.45) is 5.11. The molecule has 0 aliphatic heterocycles. The number of aromatic amines is 1. The van der Waals surface area contributed by atoms with Crippen molar-refractivity contribution in [2.75, 3.05) is 6.54 Å². The summed E-state index contributed by atoms with van der Waals surface area (Å²) in [4.78, 5) is 29.3. The maximum absolute atomic E-state index is 11.8. The minimum absolute atomic E-state index is 0.00476. The molecular formula is C15H20N4O2. The number of nitrogens with zero attached hydrogens (tertiary/aromatic N) is 1. The number of rotatable bonds is 6. The van der Waals surface area contributed by atoms with Crippen molar-refractivity contribution in [1.29, 1.82) is 0 Å². The largest absolute Gasteiger partial charge is 0.356 e. The van der Waals surface area contributed by atoms with E-state index < -0.39 is 0 Å². The van der Waals surface area contributed by atoms with Crippen LogP contribution in [0.3, 0.4) is 0 Å². The van der Waals surface area contributed by atoms with Crippen molar-refractivity contribution in [2.24, 2.45) is 5.92 Å². The topological polar surface area (TPSA) is 86.9 Å². The molecule has 21 heavy (non-hydrogen) atoms. The van der Waals surface area contributed by atoms with Gasteiger partial charge in [0.15, 0.2) is 0 Å². The highest BCUT2D eigenvalue weighted by Gasteiger charge is 2.14. The van der Waals surface area contributed by atoms with Crippen LogP contribution < -0.4 is 10.6 Å². The van der Waals surface area contributed by atoms with Crippen LogP contribution in [0, 0.1) is 17.8 Å². The Kier molecular flexibility index (Phi) is 6.75. The van der Waals surface area contributed by atoms with Crippen LogP contribution in [-0.4, -0.2) is 34.4 Å². The Balaban J connectivity index is 2.59. The van der Waals surface area contributed by atoms with Crippen LogP contribution in [0.4, 0.5) is 0 Å². The van der Waals surface area contributed by atoms with Crippen molar-refractivity contribution in [3.8, 4) is 11.8 Å². The standard InChI is InChI=1S/C15H20N4O2/c1-4-11(2)14(6-5-13-9-16-10-18-13)19-15(21)7-8-17-12(3)20/h4,9-11,14H,1,7-8H2,2-3H3,(H,16,18)(H,17,20)(H,19,21)/t11?,14-/m0/s1. The molecule has 0 radical (unpaired) electrons. The van der Waals surface area contributed by atoms with Crippen LogP contribution in [0.25, 0.3) is 0 Å². The van der Waals surface area contributed by atoms with Crippen LogP contribution in [-0.2, 0) is 9.59 Å². The monoisotopic (exact) mass is 288 g/mol. The van der Waals surface area contributed by atoms with Gasteiger partial charge in [0.05, 0.1) is 18.6 Å². The van der Waals surface area contributed by atoms with Crippen LogP contribution in [0.15, 0.2) is 25.2 Å². The molecule has 3 N–H and O–H groups in total. The lowest BCUT2D eigenvalue weighted by molar-refractivity contribution is -0.122. The minimum Gasteiger partial charge on any atom is -0.356 e. The molecule has 1 aromatic heterocycles. The number of carbonyl (C=O) groups excluding carboxylic acids is 2. The molecule has 0 aliphatic rings. The summed E-state index contributed by atoms with van der Waals surface area (Å²) in [5.74, 6) is 5.60. The number of hydrogen-bond donors (Lipinski definition) is 3. The lowest BCUT2D eigenvalue weighted by atomic mass is 10.0. The van der Waals surface area contributed by atoms with E-state index in [-0.39, 0.29) is 30.2 Å². The van der Waals surface area contributed by atoms with Gasteiger partial charge in [-0.05, 0) is 5.92 Å². The van der Waals surface area contributed by atoms with E-state index >= 15 is 0 Å². The van der Waals surface area contributed by atoms with Crippen molar-refractivity contribution >= 4 is 11.8 Å². The Morgan fingerprint density at radius 1 is 1.57 bits per heavy atom. The summed E-state index contributed by atoms with van der Waals surface area (Å²) in [6, 6.07) is -0.337. The molecule has 1 aromatic rings. The number of imidazole rings is 1. The van der Waals surface area contributed by atoms with E-state index in [1.807, 2.05) is 6.92 Å². The highest BCUT2D eigenvalue weighted by Crippen LogP contribution is 2.04. The van der Waals surface area contributed by atoms with Gasteiger partial charge in [-0.15, -0.1) is 6.58 Å². The SMILES string of the molecule is C=CC(C)[C@H](C#Cc1cnc[nH]1)NC(=O)CCNC(C)=O. The highest BCUT2D eigenvalue weighted by atomic mass is 16.2. The van der Waals surface area contributed by atoms with E-state index in [0.29, 0.717) is 12.2 Å². The number of amides is 2. The van der Waals surface area contributed by atoms with Gasteiger partial charge in [0.1, 0.15) is 5.69 Å². The second kappa shape index (κ2) is 8.59. The molecule has 0 aliphatic carbocycles. The van der Waals surface area contributed by atoms with Gasteiger partial charge >= 0.3 is 0 Å². The number of aromatic nitrogens is 2. The van der Waals surface area contributed by atoms with Gasteiger partial charge in [-0.3, -0.25) is 9.59 Å². The maximum atomic E-state index is 11.8. The summed E-state index contributed by atoms with van der Waals surface area (Å²) in [5, 5.41) is 5.41. The highest BCUT2D eigenvalue weighted by molar-refractivity contribution is 5.78. The molecule has 1 unspecified atom stereocenters. The fourth-order valence-electron chi connectivity index (χ4n) is 1.51. The van der Waals surface area contributed by atoms with Gasteiger partial charge in [-0.1, -0.05) is 18.9 Å². The van der Waals surface area contributed by atoms with Crippen molar-refractivity contribution in [1.82, 2.24) is 20.6 Å². The molecule has 0 aromatic carbocycles. The molecule has 2 atom stereocenters. The normalized spacial score (nSPS) is 12.5. The molecule has 0 fully saturated rings. The molecule has 1 heterocycles. The molecule has 0 spiro atoms. The van der Waals surface area contributed by atoms with E-state index in [1.165, 1.54) is 6.92 Å². The first-order valence-corrected chi connectivity index (χ1v) is 6.69. The van der Waals surface area contributed by atoms with Gasteiger partial charge < -0.3 is 15.6 Å². The van der Waals surface area contributed by atoms with Crippen molar-refractivity contribution < 1.29 is 9.59 Å². The van der Waals surface area contributed by atoms with Crippen molar-refractivity contribution in [2.45, 2.75) is 26.3 Å². The van der Waals surface area contributed by atoms with Crippen molar-refractivity contribution in [3.05, 3.63) is 30.9 Å². The zero-order valence-corrected chi connectivity index (χ0v) is 12.3. The third kappa shape index (κ3) is 6.43. The Morgan fingerprint density at radius 2 is 2.33 bits per heavy atom. The summed E-state index contributed by atoms with van der Waals surface area (Å²) >= 11 is 0. The Morgan fingerprint density at radius 3 is 2.90 bits per heavy atom. The van der Waals surface area contributed by atoms with Gasteiger partial charge in [0, 0.05) is 25.8 Å². The second-order valence-electron chi connectivity index (χ2n) is 4.61. The lowest BCUT2D eigenvalue weighted by Crippen LogP contribution is -2.39. The number of H-pyrrole nitrogens is 1. The number of nitrogens with one attached hydrogen (secondary N) is 3. The van der Waals surface area contributed by atoms with E-state index in [2.05, 4.69) is 39.0 Å². The molecule has 6 nitrogen and oxygen atoms in total. The van der Waals surface area contributed by atoms with E-state index in [1.54, 1.807) is 18.6 Å². The quantitative estimate of drug-likeness (QED) is 0.529. The minimum atomic E-state index is -0.337. The predicted molar refractivity (Wildman–Crippen MR) is 80.1 cm³/mol. The first-order chi connectivity index (χ1) is 10.0. The van der Waals surface area contributed by atoms with Crippen LogP contribution >= 0.6 is 0 Å². The molecule has 6 heteroatoms. The van der Waals surface area contributed by atoms with Gasteiger partial charge in [-0.25, -0.2) is 4.98 Å². The third-order valence-electron chi connectivity index (χ3n) is 2.80. The Hall–Kier alpha value is -2.55. The zero-order chi connectivity index (χ0) is 15.7. The summed E-state index contributed by atoms with van der Waals surface area (Å²) in [6.45, 7) is 7.37. The van der Waals surface area contributed by atoms with Crippen LogP contribution in [0.2, 0.25) is 0 Å². The molecule has 2 amide bonds. The summed E-state index contributed by atoms with van der Waals surface area (Å²) in [5.41, 5.74) is 0.684. The summed E-state index contributed by atoms with van der Waals surface area (Å²) < 4.78 is 0. The third-order valence-corrected chi connectivity index (χ3v) is 2.80. The average molecular weight is 288 g/mol. The van der Waals surface area contributed by atoms with E-state index in [4.69, 9.17) is 0 Å². The molecule has 0 saturated heterocycles. The lowest BCUT2D eigenvalue weighted by Gasteiger charge is -2.17. The van der Waals surface area contributed by atoms with E-state index in [0.717, 1.165) is 0 Å². The zero-order valence-electron chi connectivity index (χ0n) is 12.3. The molecule has 112 valence electrons. The first kappa shape index (κ1) is 16.5. The van der Waals surface area contributed by atoms with Gasteiger partial charge in [0.2, 0.25) is 11.8 Å². The van der Waals surface area contributed by atoms with E-state index in [9.17, 15) is 9.59 Å². The molecule has 0 bridgehead atoms. The molecule has 1 rings (SSSR count). The summed E-state index contributed by atoms with van der Waals surface area (Å²) in [7, 11) is 0. The van der Waals surface area contributed by atoms with Crippen molar-refractivity contribution in [3.63, 3.8) is 0 Å². The Labute approximate surface area is 124 Å². The number of hydrogen-bond acceptors (Lipinski definition) is 3. The molecule has 0 saturated carbocycles. The maximum Gasteiger partial charge on any atom is 0.222 e. The predicted octanol–water partition coefficient (Wildman–Crippen LogP) is 0.594.